The van der Waals surface area contributed by atoms with Crippen LogP contribution in [-0.2, 0) is 11.3 Å². The van der Waals surface area contributed by atoms with Crippen molar-refractivity contribution in [3.8, 4) is 24.0 Å². The molecule has 0 spiro atoms. The summed E-state index contributed by atoms with van der Waals surface area (Å²) in [5, 5.41) is 31.1. The molecule has 0 aliphatic carbocycles. The van der Waals surface area contributed by atoms with Gasteiger partial charge >= 0.3 is 0 Å². The molecule has 42 heavy (non-hydrogen) atoms. The van der Waals surface area contributed by atoms with Crippen molar-refractivity contribution in [2.24, 2.45) is 0 Å². The molecule has 2 heterocycles. The molecule has 216 valence electrons. The lowest BCUT2D eigenvalue weighted by Gasteiger charge is -2.20. The molecule has 0 N–H and O–H groups in total. The number of nitriles is 3. The van der Waals surface area contributed by atoms with Gasteiger partial charge in [0.1, 0.15) is 35.1 Å². The third-order valence-corrected chi connectivity index (χ3v) is 7.89. The van der Waals surface area contributed by atoms with E-state index >= 15 is 0 Å². The highest BCUT2D eigenvalue weighted by Gasteiger charge is 2.38. The Hall–Kier alpha value is -4.47. The molecule has 0 bridgehead atoms. The number of aromatic nitrogens is 1. The Bertz CT molecular complexity index is 1650. The molecule has 4 rings (SSSR count). The molecule has 0 atom stereocenters. The van der Waals surface area contributed by atoms with Crippen LogP contribution in [0.25, 0.3) is 27.9 Å². The monoisotopic (exact) mass is 560 g/mol. The number of unbranched alkanes of at least 4 members (excludes halogenated alkanes) is 6. The first-order valence-corrected chi connectivity index (χ1v) is 15.1. The first-order valence-electron chi connectivity index (χ1n) is 15.1. The van der Waals surface area contributed by atoms with E-state index in [4.69, 9.17) is 9.47 Å². The fourth-order valence-electron chi connectivity index (χ4n) is 5.71. The van der Waals surface area contributed by atoms with Gasteiger partial charge in [-0.15, -0.1) is 0 Å². The number of rotatable bonds is 13. The molecule has 1 aliphatic heterocycles. The largest absolute Gasteiger partial charge is 0.492 e. The maximum Gasteiger partial charge on any atom is 0.172 e. The number of nitrogens with zero attached hydrogens (tertiary/aromatic N) is 4. The van der Waals surface area contributed by atoms with E-state index in [0.29, 0.717) is 12.2 Å². The smallest absolute Gasteiger partial charge is 0.172 e. The molecule has 0 fully saturated rings. The Balaban J connectivity index is 1.86. The van der Waals surface area contributed by atoms with Crippen LogP contribution in [0.2, 0.25) is 0 Å². The summed E-state index contributed by atoms with van der Waals surface area (Å²) in [4.78, 5) is 0. The topological polar surface area (TPSA) is 94.8 Å². The first kappa shape index (κ1) is 30.5. The highest BCUT2D eigenvalue weighted by atomic mass is 16.5. The lowest BCUT2D eigenvalue weighted by Crippen LogP contribution is -2.20. The number of hydrogen-bond acceptors (Lipinski definition) is 5. The van der Waals surface area contributed by atoms with E-state index in [1.165, 1.54) is 43.0 Å². The number of para-hydroxylation sites is 1. The summed E-state index contributed by atoms with van der Waals surface area (Å²) in [7, 11) is 0. The van der Waals surface area contributed by atoms with Gasteiger partial charge in [-0.25, -0.2) is 0 Å². The highest BCUT2D eigenvalue weighted by molar-refractivity contribution is 6.12. The van der Waals surface area contributed by atoms with E-state index in [0.717, 1.165) is 48.0 Å². The van der Waals surface area contributed by atoms with Gasteiger partial charge < -0.3 is 14.0 Å². The molecular weight excluding hydrogens is 520 g/mol. The summed E-state index contributed by atoms with van der Waals surface area (Å²) >= 11 is 0. The van der Waals surface area contributed by atoms with Crippen molar-refractivity contribution in [2.45, 2.75) is 91.2 Å². The molecule has 6 heteroatoms. The fraction of sp³-hybridized carbons (Fsp3) is 0.417. The van der Waals surface area contributed by atoms with Gasteiger partial charge in [0.15, 0.2) is 11.3 Å². The number of fused-ring (bicyclic) bond motifs is 3. The summed E-state index contributed by atoms with van der Waals surface area (Å²) in [6.07, 6.45) is 13.1. The van der Waals surface area contributed by atoms with Crippen molar-refractivity contribution in [1.82, 2.24) is 4.57 Å². The van der Waals surface area contributed by atoms with Crippen molar-refractivity contribution in [2.75, 3.05) is 6.61 Å². The molecule has 0 saturated heterocycles. The van der Waals surface area contributed by atoms with Crippen molar-refractivity contribution in [3.63, 3.8) is 0 Å². The van der Waals surface area contributed by atoms with Crippen LogP contribution in [0.5, 0.6) is 5.75 Å². The quantitative estimate of drug-likeness (QED) is 0.153. The van der Waals surface area contributed by atoms with E-state index in [2.05, 4.69) is 60.9 Å². The zero-order valence-electron chi connectivity index (χ0n) is 25.3. The van der Waals surface area contributed by atoms with Gasteiger partial charge in [-0.05, 0) is 44.9 Å². The highest BCUT2D eigenvalue weighted by Crippen LogP contribution is 2.42. The van der Waals surface area contributed by atoms with Crippen molar-refractivity contribution in [3.05, 3.63) is 70.5 Å². The van der Waals surface area contributed by atoms with Crippen molar-refractivity contribution < 1.29 is 9.47 Å². The van der Waals surface area contributed by atoms with E-state index in [1.807, 2.05) is 38.1 Å². The van der Waals surface area contributed by atoms with Gasteiger partial charge in [0.2, 0.25) is 0 Å². The summed E-state index contributed by atoms with van der Waals surface area (Å²) in [5.74, 6) is 0.881. The summed E-state index contributed by atoms with van der Waals surface area (Å²) in [5.41, 5.74) is 3.02. The van der Waals surface area contributed by atoms with Crippen molar-refractivity contribution in [1.29, 1.82) is 15.8 Å². The maximum atomic E-state index is 9.98. The van der Waals surface area contributed by atoms with Crippen LogP contribution in [-0.4, -0.2) is 16.8 Å². The number of ether oxygens (including phenoxy) is 2. The predicted octanol–water partition coefficient (Wildman–Crippen LogP) is 9.28. The standard InChI is InChI=1S/C36H40N4O2/c1-5-7-9-13-21-40-31-16-12-11-15-28(31)33-32(40)20-18-26(35(33)41-22-14-10-8-6-2)17-19-30-29(25-39)34(27(23-37)24-38)42-36(30,3)4/h11-12,15-20H,5-10,13-14,21-22H2,1-4H3/b19-17+. The number of benzene rings is 2. The van der Waals surface area contributed by atoms with Crippen molar-refractivity contribution >= 4 is 27.9 Å². The van der Waals surface area contributed by atoms with Crippen LogP contribution in [0.3, 0.4) is 0 Å². The molecule has 0 saturated carbocycles. The lowest BCUT2D eigenvalue weighted by atomic mass is 9.94. The van der Waals surface area contributed by atoms with Crippen LogP contribution in [0.15, 0.2) is 65.0 Å². The van der Waals surface area contributed by atoms with Crippen LogP contribution < -0.4 is 4.74 Å². The van der Waals surface area contributed by atoms with Gasteiger partial charge in [0.05, 0.1) is 17.5 Å². The number of hydrogen-bond donors (Lipinski definition) is 0. The third kappa shape index (κ3) is 6.22. The molecule has 0 unspecified atom stereocenters. The lowest BCUT2D eigenvalue weighted by molar-refractivity contribution is 0.0954. The first-order chi connectivity index (χ1) is 20.4. The van der Waals surface area contributed by atoms with E-state index in [-0.39, 0.29) is 16.9 Å². The van der Waals surface area contributed by atoms with Gasteiger partial charge in [-0.1, -0.05) is 82.7 Å². The minimum absolute atomic E-state index is 0.0427. The van der Waals surface area contributed by atoms with Gasteiger partial charge in [0.25, 0.3) is 0 Å². The summed E-state index contributed by atoms with van der Waals surface area (Å²) < 4.78 is 15.0. The third-order valence-electron chi connectivity index (χ3n) is 7.89. The fourth-order valence-corrected chi connectivity index (χ4v) is 5.71. The minimum Gasteiger partial charge on any atom is -0.492 e. The SMILES string of the molecule is CCCCCCOc1c(/C=C/C2=C(C#N)C(=C(C#N)C#N)OC2(C)C)ccc2c1c1ccccc1n2CCCCCC. The summed E-state index contributed by atoms with van der Waals surface area (Å²) in [6.45, 7) is 9.69. The molecule has 1 aliphatic rings. The Labute approximate surface area is 249 Å². The normalized spacial score (nSPS) is 14.3. The maximum absolute atomic E-state index is 9.98. The number of allylic oxidation sites excluding steroid dienone is 2. The van der Waals surface area contributed by atoms with Gasteiger partial charge in [-0.2, -0.15) is 15.8 Å². The molecule has 0 amide bonds. The van der Waals surface area contributed by atoms with Gasteiger partial charge in [-0.3, -0.25) is 0 Å². The zero-order chi connectivity index (χ0) is 30.1. The second-order valence-electron chi connectivity index (χ2n) is 11.3. The molecule has 1 aromatic heterocycles. The Morgan fingerprint density at radius 1 is 0.881 bits per heavy atom. The summed E-state index contributed by atoms with van der Waals surface area (Å²) in [6, 6.07) is 18.7. The predicted molar refractivity (Wildman–Crippen MR) is 168 cm³/mol. The minimum atomic E-state index is -0.879. The zero-order valence-corrected chi connectivity index (χ0v) is 25.3. The average molecular weight is 561 g/mol. The van der Waals surface area contributed by atoms with Crippen LogP contribution in [0.4, 0.5) is 0 Å². The molecule has 6 nitrogen and oxygen atoms in total. The van der Waals surface area contributed by atoms with Crippen LogP contribution >= 0.6 is 0 Å². The second kappa shape index (κ2) is 13.9. The average Bonchev–Trinajstić information content (AvgIpc) is 3.45. The second-order valence-corrected chi connectivity index (χ2v) is 11.3. The van der Waals surface area contributed by atoms with Crippen LogP contribution in [0, 0.1) is 34.0 Å². The van der Waals surface area contributed by atoms with E-state index in [9.17, 15) is 15.8 Å². The Morgan fingerprint density at radius 2 is 1.60 bits per heavy atom. The Morgan fingerprint density at radius 3 is 2.29 bits per heavy atom. The van der Waals surface area contributed by atoms with Crippen LogP contribution in [0.1, 0.15) is 84.6 Å². The van der Waals surface area contributed by atoms with E-state index in [1.54, 1.807) is 0 Å². The molecule has 3 aromatic rings. The molecule has 2 aromatic carbocycles. The van der Waals surface area contributed by atoms with Gasteiger partial charge in [0, 0.05) is 28.6 Å². The Kier molecular flexibility index (Phi) is 10.1. The van der Waals surface area contributed by atoms with E-state index < -0.39 is 5.60 Å². The molecular formula is C36H40N4O2. The number of aryl methyl sites for hydroxylation is 1. The molecule has 0 radical (unpaired) electrons.